The Morgan fingerprint density at radius 3 is 2.00 bits per heavy atom. The van der Waals surface area contributed by atoms with Gasteiger partial charge in [0, 0.05) is 0 Å². The van der Waals surface area contributed by atoms with Crippen molar-refractivity contribution in [3.05, 3.63) is 11.1 Å². The second-order valence-corrected chi connectivity index (χ2v) is 13.2. The zero-order valence-electron chi connectivity index (χ0n) is 14.5. The summed E-state index contributed by atoms with van der Waals surface area (Å²) < 4.78 is 0. The monoisotopic (exact) mass is 284 g/mol. The summed E-state index contributed by atoms with van der Waals surface area (Å²) >= 11 is 0. The number of rotatable bonds is 8. The van der Waals surface area contributed by atoms with Crippen molar-refractivity contribution < 1.29 is 5.11 Å². The predicted octanol–water partition coefficient (Wildman–Crippen LogP) is 5.63. The van der Waals surface area contributed by atoms with Crippen LogP contribution in [0.5, 0.6) is 0 Å². The standard InChI is InChI=1S/C17H36OSi/c1-9-10-14(4)11-16(18)12-17(13(2)3)15(5)19(6,7)8/h14-16,18H,9-12H2,1-8H3/t14-,15?,16+/m0/s1. The third kappa shape index (κ3) is 7.31. The molecule has 0 bridgehead atoms. The molecule has 2 heteroatoms. The zero-order chi connectivity index (χ0) is 15.2. The van der Waals surface area contributed by atoms with Gasteiger partial charge in [0.2, 0.25) is 0 Å². The van der Waals surface area contributed by atoms with Crippen LogP contribution >= 0.6 is 0 Å². The summed E-state index contributed by atoms with van der Waals surface area (Å²) in [5.41, 5.74) is 3.58. The minimum atomic E-state index is -1.18. The summed E-state index contributed by atoms with van der Waals surface area (Å²) in [7, 11) is -1.18. The Morgan fingerprint density at radius 2 is 1.63 bits per heavy atom. The lowest BCUT2D eigenvalue weighted by atomic mass is 9.93. The summed E-state index contributed by atoms with van der Waals surface area (Å²) in [5.74, 6) is 0.639. The van der Waals surface area contributed by atoms with Gasteiger partial charge in [-0.2, -0.15) is 0 Å². The number of allylic oxidation sites excluding steroid dienone is 1. The molecule has 0 aliphatic heterocycles. The molecular weight excluding hydrogens is 248 g/mol. The molecule has 0 aromatic rings. The van der Waals surface area contributed by atoms with Gasteiger partial charge in [0.15, 0.2) is 0 Å². The highest BCUT2D eigenvalue weighted by Crippen LogP contribution is 2.34. The third-order valence-corrected chi connectivity index (χ3v) is 7.32. The van der Waals surface area contributed by atoms with Crippen LogP contribution in [0.15, 0.2) is 11.1 Å². The number of hydrogen-bond acceptors (Lipinski definition) is 1. The highest BCUT2D eigenvalue weighted by molar-refractivity contribution is 6.78. The van der Waals surface area contributed by atoms with Crippen LogP contribution in [0.2, 0.25) is 25.2 Å². The first-order valence-corrected chi connectivity index (χ1v) is 11.5. The van der Waals surface area contributed by atoms with Gasteiger partial charge in [-0.15, -0.1) is 0 Å². The zero-order valence-corrected chi connectivity index (χ0v) is 15.5. The molecule has 0 saturated carbocycles. The summed E-state index contributed by atoms with van der Waals surface area (Å²) in [6.07, 6.45) is 4.11. The highest BCUT2D eigenvalue weighted by atomic mass is 28.3. The molecular formula is C17H36OSi. The van der Waals surface area contributed by atoms with Crippen LogP contribution in [0.25, 0.3) is 0 Å². The predicted molar refractivity (Wildman–Crippen MR) is 90.5 cm³/mol. The van der Waals surface area contributed by atoms with E-state index in [2.05, 4.69) is 54.3 Å². The summed E-state index contributed by atoms with van der Waals surface area (Å²) in [4.78, 5) is 0. The van der Waals surface area contributed by atoms with Gasteiger partial charge in [0.1, 0.15) is 0 Å². The van der Waals surface area contributed by atoms with E-state index in [1.807, 2.05) is 0 Å². The SMILES string of the molecule is CCC[C@H](C)C[C@@H](O)CC(=C(C)C)C(C)[Si](C)(C)C. The normalized spacial score (nSPS) is 16.9. The largest absolute Gasteiger partial charge is 0.393 e. The fourth-order valence-corrected chi connectivity index (χ4v) is 4.20. The molecule has 0 amide bonds. The van der Waals surface area contributed by atoms with E-state index in [1.165, 1.54) is 24.0 Å². The molecule has 114 valence electrons. The van der Waals surface area contributed by atoms with E-state index in [9.17, 15) is 5.11 Å². The van der Waals surface area contributed by atoms with Crippen LogP contribution in [0, 0.1) is 5.92 Å². The maximum absolute atomic E-state index is 10.4. The second kappa shape index (κ2) is 8.26. The Balaban J connectivity index is 4.67. The Hall–Kier alpha value is -0.0831. The van der Waals surface area contributed by atoms with E-state index in [-0.39, 0.29) is 6.10 Å². The minimum absolute atomic E-state index is 0.162. The Kier molecular flexibility index (Phi) is 8.22. The van der Waals surface area contributed by atoms with Crippen molar-refractivity contribution in [2.75, 3.05) is 0 Å². The molecule has 19 heavy (non-hydrogen) atoms. The fraction of sp³-hybridized carbons (Fsp3) is 0.882. The molecule has 1 nitrogen and oxygen atoms in total. The molecule has 0 radical (unpaired) electrons. The van der Waals surface area contributed by atoms with Gasteiger partial charge in [-0.25, -0.2) is 0 Å². The average molecular weight is 285 g/mol. The van der Waals surface area contributed by atoms with Gasteiger partial charge in [-0.05, 0) is 38.1 Å². The van der Waals surface area contributed by atoms with Crippen molar-refractivity contribution in [1.29, 1.82) is 0 Å². The van der Waals surface area contributed by atoms with Crippen LogP contribution < -0.4 is 0 Å². The van der Waals surface area contributed by atoms with Gasteiger partial charge in [-0.3, -0.25) is 0 Å². The number of aliphatic hydroxyl groups excluding tert-OH is 1. The lowest BCUT2D eigenvalue weighted by Crippen LogP contribution is -2.29. The third-order valence-electron chi connectivity index (χ3n) is 4.38. The molecule has 0 aliphatic carbocycles. The van der Waals surface area contributed by atoms with Crippen molar-refractivity contribution in [3.63, 3.8) is 0 Å². The van der Waals surface area contributed by atoms with Crippen molar-refractivity contribution in [1.82, 2.24) is 0 Å². The molecule has 0 rings (SSSR count). The molecule has 3 atom stereocenters. The van der Waals surface area contributed by atoms with E-state index < -0.39 is 8.07 Å². The lowest BCUT2D eigenvalue weighted by molar-refractivity contribution is 0.142. The average Bonchev–Trinajstić information content (AvgIpc) is 2.23. The molecule has 0 fully saturated rings. The smallest absolute Gasteiger partial charge is 0.0579 e. The van der Waals surface area contributed by atoms with Gasteiger partial charge in [0.25, 0.3) is 0 Å². The topological polar surface area (TPSA) is 20.2 Å². The maximum Gasteiger partial charge on any atom is 0.0579 e. The van der Waals surface area contributed by atoms with E-state index in [4.69, 9.17) is 0 Å². The van der Waals surface area contributed by atoms with Crippen LogP contribution in [-0.2, 0) is 0 Å². The highest BCUT2D eigenvalue weighted by Gasteiger charge is 2.27. The second-order valence-electron chi connectivity index (χ2n) is 7.60. The van der Waals surface area contributed by atoms with Gasteiger partial charge in [0.05, 0.1) is 14.2 Å². The van der Waals surface area contributed by atoms with Gasteiger partial charge in [-0.1, -0.05) is 64.4 Å². The number of hydrogen-bond donors (Lipinski definition) is 1. The first kappa shape index (κ1) is 18.9. The Morgan fingerprint density at radius 1 is 1.11 bits per heavy atom. The summed E-state index contributed by atoms with van der Waals surface area (Å²) in [6.45, 7) is 18.5. The van der Waals surface area contributed by atoms with E-state index in [0.29, 0.717) is 11.5 Å². The maximum atomic E-state index is 10.4. The fourth-order valence-electron chi connectivity index (χ4n) is 2.75. The number of aliphatic hydroxyl groups is 1. The van der Waals surface area contributed by atoms with E-state index >= 15 is 0 Å². The Labute approximate surface area is 122 Å². The van der Waals surface area contributed by atoms with Gasteiger partial charge < -0.3 is 5.11 Å². The van der Waals surface area contributed by atoms with E-state index in [0.717, 1.165) is 12.8 Å². The quantitative estimate of drug-likeness (QED) is 0.452. The summed E-state index contributed by atoms with van der Waals surface area (Å²) in [6, 6.07) is 0. The van der Waals surface area contributed by atoms with Crippen LogP contribution in [0.4, 0.5) is 0 Å². The first-order valence-electron chi connectivity index (χ1n) is 7.93. The molecule has 0 heterocycles. The molecule has 1 unspecified atom stereocenters. The van der Waals surface area contributed by atoms with E-state index in [1.54, 1.807) is 0 Å². The van der Waals surface area contributed by atoms with Crippen LogP contribution in [-0.4, -0.2) is 19.3 Å². The first-order chi connectivity index (χ1) is 8.59. The molecule has 0 spiro atoms. The van der Waals surface area contributed by atoms with Crippen molar-refractivity contribution in [3.8, 4) is 0 Å². The molecule has 1 N–H and O–H groups in total. The minimum Gasteiger partial charge on any atom is -0.393 e. The molecule has 0 saturated heterocycles. The van der Waals surface area contributed by atoms with Crippen LogP contribution in [0.1, 0.15) is 60.3 Å². The van der Waals surface area contributed by atoms with Gasteiger partial charge >= 0.3 is 0 Å². The van der Waals surface area contributed by atoms with Crippen LogP contribution in [0.3, 0.4) is 0 Å². The Bertz CT molecular complexity index is 284. The van der Waals surface area contributed by atoms with Crippen molar-refractivity contribution in [2.45, 2.75) is 91.6 Å². The molecule has 0 aliphatic rings. The molecule has 0 aromatic carbocycles. The van der Waals surface area contributed by atoms with Crippen molar-refractivity contribution >= 4 is 8.07 Å². The summed E-state index contributed by atoms with van der Waals surface area (Å²) in [5, 5.41) is 10.4. The molecule has 0 aromatic heterocycles. The lowest BCUT2D eigenvalue weighted by Gasteiger charge is -2.31. The van der Waals surface area contributed by atoms with Crippen molar-refractivity contribution in [2.24, 2.45) is 5.92 Å².